The summed E-state index contributed by atoms with van der Waals surface area (Å²) in [6, 6.07) is 0. The van der Waals surface area contributed by atoms with Crippen molar-refractivity contribution in [3.05, 3.63) is 27.8 Å². The van der Waals surface area contributed by atoms with Gasteiger partial charge >= 0.3 is 0 Å². The summed E-state index contributed by atoms with van der Waals surface area (Å²) >= 11 is 0. The summed E-state index contributed by atoms with van der Waals surface area (Å²) in [7, 11) is 0. The maximum absolute atomic E-state index is 6.69. The van der Waals surface area contributed by atoms with Crippen LogP contribution in [-0.4, -0.2) is 5.60 Å². The maximum atomic E-state index is 6.69. The SMILES string of the molecule is CC.CC.Cc1c(C)c(C)c2c(c1C)CC[C@@](C)(CCCCCCCC[C@H](C)CCCCC(C)C)O2. The second-order valence-corrected chi connectivity index (χ2v) is 11.8. The molecular formula is C35H66O. The minimum Gasteiger partial charge on any atom is -0.487 e. The van der Waals surface area contributed by atoms with Crippen LogP contribution in [0.3, 0.4) is 0 Å². The third kappa shape index (κ3) is 12.0. The van der Waals surface area contributed by atoms with Gasteiger partial charge < -0.3 is 4.74 Å². The number of hydrogen-bond donors (Lipinski definition) is 0. The molecule has 0 radical (unpaired) electrons. The minimum atomic E-state index is 0.0247. The van der Waals surface area contributed by atoms with Gasteiger partial charge in [-0.3, -0.25) is 0 Å². The largest absolute Gasteiger partial charge is 0.487 e. The lowest BCUT2D eigenvalue weighted by Gasteiger charge is -2.38. The zero-order valence-corrected chi connectivity index (χ0v) is 27.0. The molecule has 0 saturated heterocycles. The monoisotopic (exact) mass is 503 g/mol. The fourth-order valence-electron chi connectivity index (χ4n) is 5.55. The van der Waals surface area contributed by atoms with Crippen molar-refractivity contribution in [1.82, 2.24) is 0 Å². The number of hydrogen-bond acceptors (Lipinski definition) is 1. The van der Waals surface area contributed by atoms with Gasteiger partial charge in [-0.2, -0.15) is 0 Å². The lowest BCUT2D eigenvalue weighted by Crippen LogP contribution is -2.37. The topological polar surface area (TPSA) is 9.23 Å². The molecule has 1 aliphatic heterocycles. The van der Waals surface area contributed by atoms with Gasteiger partial charge in [-0.15, -0.1) is 0 Å². The summed E-state index contributed by atoms with van der Waals surface area (Å²) < 4.78 is 6.69. The minimum absolute atomic E-state index is 0.0247. The van der Waals surface area contributed by atoms with E-state index in [1.807, 2.05) is 27.7 Å². The first-order chi connectivity index (χ1) is 17.1. The second-order valence-electron chi connectivity index (χ2n) is 11.8. The quantitative estimate of drug-likeness (QED) is 0.230. The van der Waals surface area contributed by atoms with Gasteiger partial charge in [0, 0.05) is 0 Å². The molecule has 1 aromatic rings. The summed E-state index contributed by atoms with van der Waals surface area (Å²) in [6.45, 7) is 26.5. The third-order valence-electron chi connectivity index (χ3n) is 8.39. The van der Waals surface area contributed by atoms with E-state index in [1.54, 1.807) is 0 Å². The van der Waals surface area contributed by atoms with Crippen LogP contribution >= 0.6 is 0 Å². The molecule has 0 spiro atoms. The first-order valence-electron chi connectivity index (χ1n) is 15.9. The van der Waals surface area contributed by atoms with Crippen molar-refractivity contribution in [2.24, 2.45) is 11.8 Å². The van der Waals surface area contributed by atoms with Gasteiger partial charge in [0.05, 0.1) is 0 Å². The highest BCUT2D eigenvalue weighted by molar-refractivity contribution is 5.55. The van der Waals surface area contributed by atoms with E-state index in [9.17, 15) is 0 Å². The fourth-order valence-corrected chi connectivity index (χ4v) is 5.55. The zero-order valence-electron chi connectivity index (χ0n) is 27.0. The number of fused-ring (bicyclic) bond motifs is 1. The van der Waals surface area contributed by atoms with Crippen molar-refractivity contribution in [3.63, 3.8) is 0 Å². The normalized spacial score (nSPS) is 17.4. The lowest BCUT2D eigenvalue weighted by molar-refractivity contribution is 0.0523. The second kappa shape index (κ2) is 19.1. The van der Waals surface area contributed by atoms with E-state index in [2.05, 4.69) is 55.4 Å². The summed E-state index contributed by atoms with van der Waals surface area (Å²) in [4.78, 5) is 0. The Labute approximate surface area is 228 Å². The molecule has 0 aliphatic carbocycles. The molecule has 2 atom stereocenters. The predicted octanol–water partition coefficient (Wildman–Crippen LogP) is 12.0. The van der Waals surface area contributed by atoms with Crippen molar-refractivity contribution in [2.75, 3.05) is 0 Å². The molecule has 0 N–H and O–H groups in total. The third-order valence-corrected chi connectivity index (χ3v) is 8.39. The standard InChI is InChI=1S/C31H54O.2C2H6/c1-23(2)17-14-15-19-24(3)18-13-11-9-10-12-16-21-31(8)22-20-29-27(6)25(4)26(5)28(7)30(29)32-31;2*1-2/h23-24H,9-22H2,1-8H3;2*1-2H3/t24-,31+;;/m0../s1. The van der Waals surface area contributed by atoms with Gasteiger partial charge in [-0.1, -0.05) is 113 Å². The molecule has 2 rings (SSSR count). The molecule has 0 aromatic heterocycles. The van der Waals surface area contributed by atoms with Crippen molar-refractivity contribution in [1.29, 1.82) is 0 Å². The molecule has 1 aromatic carbocycles. The Kier molecular flexibility index (Phi) is 18.6. The zero-order chi connectivity index (χ0) is 27.7. The highest BCUT2D eigenvalue weighted by Gasteiger charge is 2.33. The van der Waals surface area contributed by atoms with E-state index >= 15 is 0 Å². The van der Waals surface area contributed by atoms with Gasteiger partial charge in [0.25, 0.3) is 0 Å². The van der Waals surface area contributed by atoms with Gasteiger partial charge in [-0.05, 0) is 100.0 Å². The van der Waals surface area contributed by atoms with Gasteiger partial charge in [0.15, 0.2) is 0 Å². The molecule has 212 valence electrons. The Morgan fingerprint density at radius 1 is 0.639 bits per heavy atom. The molecule has 1 aliphatic rings. The van der Waals surface area contributed by atoms with Crippen molar-refractivity contribution in [3.8, 4) is 5.75 Å². The van der Waals surface area contributed by atoms with Crippen LogP contribution < -0.4 is 4.74 Å². The highest BCUT2D eigenvalue weighted by Crippen LogP contribution is 2.42. The van der Waals surface area contributed by atoms with E-state index in [0.29, 0.717) is 0 Å². The highest BCUT2D eigenvalue weighted by atomic mass is 16.5. The van der Waals surface area contributed by atoms with Gasteiger partial charge in [-0.25, -0.2) is 0 Å². The van der Waals surface area contributed by atoms with Crippen LogP contribution in [0.5, 0.6) is 5.75 Å². The van der Waals surface area contributed by atoms with E-state index in [0.717, 1.165) is 18.3 Å². The Balaban J connectivity index is 0.00000291. The van der Waals surface area contributed by atoms with Gasteiger partial charge in [0.2, 0.25) is 0 Å². The van der Waals surface area contributed by atoms with E-state index < -0.39 is 0 Å². The molecule has 1 nitrogen and oxygen atoms in total. The first-order valence-corrected chi connectivity index (χ1v) is 15.9. The van der Waals surface area contributed by atoms with Crippen LogP contribution in [-0.2, 0) is 6.42 Å². The number of ether oxygens (including phenoxy) is 1. The smallest absolute Gasteiger partial charge is 0.126 e. The Bertz CT molecular complexity index is 701. The van der Waals surface area contributed by atoms with E-state index in [4.69, 9.17) is 4.74 Å². The van der Waals surface area contributed by atoms with Gasteiger partial charge in [0.1, 0.15) is 11.4 Å². The van der Waals surface area contributed by atoms with Crippen LogP contribution in [0.25, 0.3) is 0 Å². The van der Waals surface area contributed by atoms with Crippen LogP contribution in [0, 0.1) is 39.5 Å². The molecule has 0 saturated carbocycles. The first kappa shape index (κ1) is 35.0. The summed E-state index contributed by atoms with van der Waals surface area (Å²) in [5.74, 6) is 3.00. The average molecular weight is 503 g/mol. The predicted molar refractivity (Wildman–Crippen MR) is 165 cm³/mol. The van der Waals surface area contributed by atoms with Crippen molar-refractivity contribution < 1.29 is 4.74 Å². The van der Waals surface area contributed by atoms with Crippen LogP contribution in [0.4, 0.5) is 0 Å². The Morgan fingerprint density at radius 2 is 1.11 bits per heavy atom. The molecule has 0 fully saturated rings. The maximum Gasteiger partial charge on any atom is 0.126 e. The molecule has 0 bridgehead atoms. The molecule has 36 heavy (non-hydrogen) atoms. The van der Waals surface area contributed by atoms with Crippen molar-refractivity contribution in [2.45, 2.75) is 179 Å². The van der Waals surface area contributed by atoms with Crippen LogP contribution in [0.2, 0.25) is 0 Å². The summed E-state index contributed by atoms with van der Waals surface area (Å²) in [5.41, 5.74) is 7.18. The fraction of sp³-hybridized carbons (Fsp3) is 0.829. The molecule has 1 heterocycles. The van der Waals surface area contributed by atoms with Crippen LogP contribution in [0.1, 0.15) is 167 Å². The number of rotatable bonds is 14. The summed E-state index contributed by atoms with van der Waals surface area (Å²) in [5, 5.41) is 0. The van der Waals surface area contributed by atoms with E-state index in [1.165, 1.54) is 117 Å². The van der Waals surface area contributed by atoms with Crippen molar-refractivity contribution >= 4 is 0 Å². The number of unbranched alkanes of at least 4 members (excludes halogenated alkanes) is 6. The Morgan fingerprint density at radius 3 is 1.69 bits per heavy atom. The van der Waals surface area contributed by atoms with E-state index in [-0.39, 0.29) is 5.60 Å². The molecule has 0 unspecified atom stereocenters. The Hall–Kier alpha value is -0.980. The summed E-state index contributed by atoms with van der Waals surface area (Å²) in [6.07, 6.45) is 19.0. The molecular weight excluding hydrogens is 436 g/mol. The molecule has 1 heteroatoms. The molecule has 0 amide bonds. The average Bonchev–Trinajstić information content (AvgIpc) is 2.88. The lowest BCUT2D eigenvalue weighted by atomic mass is 9.83. The van der Waals surface area contributed by atoms with Crippen LogP contribution in [0.15, 0.2) is 0 Å². The number of benzene rings is 1.